The van der Waals surface area contributed by atoms with E-state index in [1.807, 2.05) is 0 Å². The fourth-order valence-corrected chi connectivity index (χ4v) is 6.02. The highest BCUT2D eigenvalue weighted by Crippen LogP contribution is 2.39. The first kappa shape index (κ1) is 22.7. The molecule has 0 spiro atoms. The molecule has 5 aromatic rings. The Kier molecular flexibility index (Phi) is 5.86. The lowest BCUT2D eigenvalue weighted by Gasteiger charge is -2.29. The van der Waals surface area contributed by atoms with Crippen LogP contribution in [0.2, 0.25) is 0 Å². The Bertz CT molecular complexity index is 1590. The van der Waals surface area contributed by atoms with E-state index in [0.29, 0.717) is 0 Å². The van der Waals surface area contributed by atoms with Crippen molar-refractivity contribution in [2.45, 2.75) is 18.8 Å². The van der Waals surface area contributed by atoms with Crippen LogP contribution in [0.3, 0.4) is 0 Å². The van der Waals surface area contributed by atoms with Crippen molar-refractivity contribution in [3.05, 3.63) is 137 Å². The van der Waals surface area contributed by atoms with E-state index in [4.69, 9.17) is 9.97 Å². The molecule has 38 heavy (non-hydrogen) atoms. The van der Waals surface area contributed by atoms with Crippen LogP contribution in [0.15, 0.2) is 115 Å². The number of anilines is 2. The quantitative estimate of drug-likeness (QED) is 0.273. The molecule has 0 radical (unpaired) electrons. The van der Waals surface area contributed by atoms with Crippen LogP contribution in [-0.4, -0.2) is 29.6 Å². The van der Waals surface area contributed by atoms with Gasteiger partial charge in [-0.2, -0.15) is 4.98 Å². The molecule has 1 aliphatic carbocycles. The third kappa shape index (κ3) is 4.22. The van der Waals surface area contributed by atoms with Gasteiger partial charge in [0.25, 0.3) is 0 Å². The third-order valence-electron chi connectivity index (χ3n) is 7.94. The van der Waals surface area contributed by atoms with E-state index in [1.54, 1.807) is 0 Å². The lowest BCUT2D eigenvalue weighted by atomic mass is 9.91. The molecule has 4 heteroatoms. The minimum Gasteiger partial charge on any atom is -0.368 e. The van der Waals surface area contributed by atoms with E-state index in [9.17, 15) is 0 Å². The van der Waals surface area contributed by atoms with Crippen molar-refractivity contribution in [3.63, 3.8) is 0 Å². The Balaban J connectivity index is 1.20. The summed E-state index contributed by atoms with van der Waals surface area (Å²) in [5.74, 6) is 1.93. The second kappa shape index (κ2) is 9.79. The highest BCUT2D eigenvalue weighted by molar-refractivity contribution is 5.90. The second-order valence-corrected chi connectivity index (χ2v) is 10.2. The number of aromatic nitrogens is 2. The molecule has 0 amide bonds. The van der Waals surface area contributed by atoms with Crippen LogP contribution < -0.4 is 10.2 Å². The summed E-state index contributed by atoms with van der Waals surface area (Å²) in [5.41, 5.74) is 9.50. The molecule has 186 valence electrons. The molecule has 0 bridgehead atoms. The van der Waals surface area contributed by atoms with Crippen LogP contribution in [0.5, 0.6) is 0 Å². The molecule has 0 saturated heterocycles. The normalized spacial score (nSPS) is 14.6. The van der Waals surface area contributed by atoms with E-state index >= 15 is 0 Å². The molecule has 0 fully saturated rings. The average Bonchev–Trinajstić information content (AvgIpc) is 3.36. The lowest BCUT2D eigenvalue weighted by Crippen LogP contribution is -2.32. The Labute approximate surface area is 223 Å². The number of nitrogens with one attached hydrogen (secondary N) is 1. The zero-order valence-corrected chi connectivity index (χ0v) is 21.3. The maximum absolute atomic E-state index is 5.13. The summed E-state index contributed by atoms with van der Waals surface area (Å²) in [4.78, 5) is 12.5. The van der Waals surface area contributed by atoms with Crippen molar-refractivity contribution in [1.29, 1.82) is 0 Å². The molecule has 0 atom stereocenters. The van der Waals surface area contributed by atoms with Crippen LogP contribution in [0, 0.1) is 0 Å². The maximum atomic E-state index is 5.13. The first-order chi connectivity index (χ1) is 18.8. The van der Waals surface area contributed by atoms with Gasteiger partial charge in [0.15, 0.2) is 0 Å². The molecule has 7 rings (SSSR count). The summed E-state index contributed by atoms with van der Waals surface area (Å²) < 4.78 is 0. The number of nitrogens with zero attached hydrogens (tertiary/aromatic N) is 3. The van der Waals surface area contributed by atoms with Crippen LogP contribution >= 0.6 is 0 Å². The summed E-state index contributed by atoms with van der Waals surface area (Å²) in [5, 5.41) is 4.79. The van der Waals surface area contributed by atoms with Gasteiger partial charge in [-0.25, -0.2) is 4.98 Å². The Morgan fingerprint density at radius 3 is 2.21 bits per heavy atom. The van der Waals surface area contributed by atoms with Crippen LogP contribution in [0.4, 0.5) is 11.8 Å². The summed E-state index contributed by atoms with van der Waals surface area (Å²) in [6.07, 6.45) is 2.08. The highest BCUT2D eigenvalue weighted by atomic mass is 15.3. The van der Waals surface area contributed by atoms with Gasteiger partial charge in [0.2, 0.25) is 5.95 Å². The fraction of sp³-hybridized carbons (Fsp3) is 0.176. The standard InChI is InChI=1S/C34H30N4/c1-3-11-24(12-4-1)31(25-13-5-2-6-14-25)22-35-33-30-17-9-10-18-32(30)36-34(37-33)38-20-19-29-27(23-38)21-26-15-7-8-16-28(26)29/h1-18,31H,19-23H2,(H,35,36,37). The topological polar surface area (TPSA) is 41.1 Å². The van der Waals surface area contributed by atoms with E-state index in [2.05, 4.69) is 119 Å². The minimum absolute atomic E-state index is 0.217. The Hall–Kier alpha value is -4.44. The van der Waals surface area contributed by atoms with Crippen molar-refractivity contribution in [1.82, 2.24) is 9.97 Å². The Morgan fingerprint density at radius 2 is 1.42 bits per heavy atom. The number of fused-ring (bicyclic) bond motifs is 3. The summed E-state index contributed by atoms with van der Waals surface area (Å²) in [6, 6.07) is 38.6. The third-order valence-corrected chi connectivity index (χ3v) is 7.94. The number of rotatable bonds is 6. The van der Waals surface area contributed by atoms with Gasteiger partial charge in [0, 0.05) is 30.9 Å². The van der Waals surface area contributed by atoms with Gasteiger partial charge in [0.05, 0.1) is 5.52 Å². The second-order valence-electron chi connectivity index (χ2n) is 10.2. The number of hydrogen-bond donors (Lipinski definition) is 1. The van der Waals surface area contributed by atoms with Crippen molar-refractivity contribution in [2.24, 2.45) is 0 Å². The fourth-order valence-electron chi connectivity index (χ4n) is 6.02. The van der Waals surface area contributed by atoms with Gasteiger partial charge < -0.3 is 10.2 Å². The van der Waals surface area contributed by atoms with Gasteiger partial charge in [-0.05, 0) is 58.4 Å². The molecular formula is C34H30N4. The van der Waals surface area contributed by atoms with Crippen molar-refractivity contribution in [3.8, 4) is 0 Å². The maximum Gasteiger partial charge on any atom is 0.228 e. The van der Waals surface area contributed by atoms with Crippen LogP contribution in [0.25, 0.3) is 16.5 Å². The van der Waals surface area contributed by atoms with Crippen molar-refractivity contribution >= 4 is 28.2 Å². The summed E-state index contributed by atoms with van der Waals surface area (Å²) >= 11 is 0. The molecule has 0 saturated carbocycles. The SMILES string of the molecule is c1ccc(C(CNc2nc(N3CCC4=C(Cc5ccccc54)C3)nc3ccccc23)c2ccccc2)cc1. The van der Waals surface area contributed by atoms with Crippen molar-refractivity contribution in [2.75, 3.05) is 29.9 Å². The molecule has 1 aliphatic heterocycles. The van der Waals surface area contributed by atoms with E-state index in [-0.39, 0.29) is 5.92 Å². The lowest BCUT2D eigenvalue weighted by molar-refractivity contribution is 0.771. The summed E-state index contributed by atoms with van der Waals surface area (Å²) in [7, 11) is 0. The van der Waals surface area contributed by atoms with Gasteiger partial charge >= 0.3 is 0 Å². The zero-order valence-electron chi connectivity index (χ0n) is 21.3. The first-order valence-corrected chi connectivity index (χ1v) is 13.5. The minimum atomic E-state index is 0.217. The van der Waals surface area contributed by atoms with Crippen LogP contribution in [-0.2, 0) is 6.42 Å². The van der Waals surface area contributed by atoms with Crippen molar-refractivity contribution < 1.29 is 0 Å². The average molecular weight is 495 g/mol. The number of para-hydroxylation sites is 1. The van der Waals surface area contributed by atoms with E-state index in [0.717, 1.165) is 55.1 Å². The van der Waals surface area contributed by atoms with Gasteiger partial charge in [0.1, 0.15) is 5.82 Å². The smallest absolute Gasteiger partial charge is 0.228 e. The molecular weight excluding hydrogens is 464 g/mol. The van der Waals surface area contributed by atoms with Crippen LogP contribution in [0.1, 0.15) is 34.6 Å². The predicted octanol–water partition coefficient (Wildman–Crippen LogP) is 7.09. The predicted molar refractivity (Wildman–Crippen MR) is 157 cm³/mol. The molecule has 1 N–H and O–H groups in total. The van der Waals surface area contributed by atoms with Gasteiger partial charge in [-0.1, -0.05) is 97.1 Å². The molecule has 2 aliphatic rings. The molecule has 4 aromatic carbocycles. The largest absolute Gasteiger partial charge is 0.368 e. The zero-order chi connectivity index (χ0) is 25.3. The van der Waals surface area contributed by atoms with E-state index in [1.165, 1.54) is 33.4 Å². The Morgan fingerprint density at radius 1 is 0.737 bits per heavy atom. The van der Waals surface area contributed by atoms with Gasteiger partial charge in [-0.15, -0.1) is 0 Å². The molecule has 4 nitrogen and oxygen atoms in total. The molecule has 1 aromatic heterocycles. The molecule has 2 heterocycles. The number of hydrogen-bond acceptors (Lipinski definition) is 4. The number of benzene rings is 4. The molecule has 0 unspecified atom stereocenters. The van der Waals surface area contributed by atoms with Gasteiger partial charge in [-0.3, -0.25) is 0 Å². The van der Waals surface area contributed by atoms with E-state index < -0.39 is 0 Å². The monoisotopic (exact) mass is 494 g/mol. The summed E-state index contributed by atoms with van der Waals surface area (Å²) in [6.45, 7) is 2.57. The highest BCUT2D eigenvalue weighted by Gasteiger charge is 2.28. The first-order valence-electron chi connectivity index (χ1n) is 13.5.